The molecule has 0 unspecified atom stereocenters. The third-order valence-electron chi connectivity index (χ3n) is 3.11. The molecule has 6 heteroatoms. The van der Waals surface area contributed by atoms with Crippen LogP contribution in [0.25, 0.3) is 0 Å². The minimum atomic E-state index is 0.710. The fourth-order valence-corrected chi connectivity index (χ4v) is 2.49. The lowest BCUT2D eigenvalue weighted by molar-refractivity contribution is 0.143. The maximum absolute atomic E-state index is 5.31. The Hall–Kier alpha value is -1.27. The minimum Gasteiger partial charge on any atom is -0.496 e. The molecule has 0 amide bonds. The van der Waals surface area contributed by atoms with Crippen molar-refractivity contribution in [2.45, 2.75) is 26.3 Å². The molecular formula is C16H26BrN3O2. The summed E-state index contributed by atoms with van der Waals surface area (Å²) in [7, 11) is 3.44. The zero-order valence-corrected chi connectivity index (χ0v) is 15.2. The van der Waals surface area contributed by atoms with E-state index in [2.05, 4.69) is 31.6 Å². The number of hydrogen-bond donors (Lipinski definition) is 2. The summed E-state index contributed by atoms with van der Waals surface area (Å²) in [6.45, 7) is 5.22. The van der Waals surface area contributed by atoms with Crippen molar-refractivity contribution < 1.29 is 9.47 Å². The molecular weight excluding hydrogens is 346 g/mol. The summed E-state index contributed by atoms with van der Waals surface area (Å²) in [5, 5.41) is 6.60. The third-order valence-corrected chi connectivity index (χ3v) is 3.73. The molecule has 0 atom stereocenters. The smallest absolute Gasteiger partial charge is 0.191 e. The molecule has 2 N–H and O–H groups in total. The van der Waals surface area contributed by atoms with Crippen LogP contribution >= 0.6 is 15.9 Å². The summed E-state index contributed by atoms with van der Waals surface area (Å²) in [5.74, 6) is 1.64. The van der Waals surface area contributed by atoms with E-state index in [9.17, 15) is 0 Å². The molecule has 22 heavy (non-hydrogen) atoms. The molecule has 0 aromatic heterocycles. The van der Waals surface area contributed by atoms with Crippen molar-refractivity contribution in [3.8, 4) is 5.75 Å². The molecule has 0 radical (unpaired) electrons. The highest BCUT2D eigenvalue weighted by molar-refractivity contribution is 9.10. The molecule has 0 aliphatic rings. The van der Waals surface area contributed by atoms with Crippen LogP contribution in [0.15, 0.2) is 27.7 Å². The van der Waals surface area contributed by atoms with Gasteiger partial charge < -0.3 is 20.1 Å². The van der Waals surface area contributed by atoms with Crippen molar-refractivity contribution in [1.82, 2.24) is 10.6 Å². The fourth-order valence-electron chi connectivity index (χ4n) is 1.91. The molecule has 1 aromatic rings. The van der Waals surface area contributed by atoms with Crippen molar-refractivity contribution in [3.63, 3.8) is 0 Å². The van der Waals surface area contributed by atoms with Crippen LogP contribution in [0.4, 0.5) is 0 Å². The molecule has 1 rings (SSSR count). The molecule has 0 fully saturated rings. The number of methoxy groups -OCH3 is 1. The average Bonchev–Trinajstić information content (AvgIpc) is 2.53. The van der Waals surface area contributed by atoms with Crippen molar-refractivity contribution in [1.29, 1.82) is 0 Å². The van der Waals surface area contributed by atoms with Gasteiger partial charge in [-0.2, -0.15) is 0 Å². The summed E-state index contributed by atoms with van der Waals surface area (Å²) in [5.41, 5.74) is 1.16. The van der Waals surface area contributed by atoms with E-state index in [1.54, 1.807) is 14.2 Å². The van der Waals surface area contributed by atoms with Gasteiger partial charge in [-0.05, 0) is 53.4 Å². The number of nitrogens with one attached hydrogen (secondary N) is 2. The standard InChI is InChI=1S/C16H26BrN3O2/c1-4-22-10-6-5-9-19-16(18-2)20-12-13-7-8-15(21-3)14(17)11-13/h7-8,11H,4-6,9-10,12H2,1-3H3,(H2,18,19,20). The Morgan fingerprint density at radius 1 is 1.27 bits per heavy atom. The number of hydrogen-bond acceptors (Lipinski definition) is 3. The molecule has 0 saturated carbocycles. The third kappa shape index (κ3) is 7.13. The van der Waals surface area contributed by atoms with E-state index in [4.69, 9.17) is 9.47 Å². The molecule has 124 valence electrons. The summed E-state index contributed by atoms with van der Waals surface area (Å²) in [4.78, 5) is 4.22. The lowest BCUT2D eigenvalue weighted by Gasteiger charge is -2.12. The predicted molar refractivity (Wildman–Crippen MR) is 94.6 cm³/mol. The van der Waals surface area contributed by atoms with Gasteiger partial charge in [0.05, 0.1) is 11.6 Å². The van der Waals surface area contributed by atoms with Gasteiger partial charge in [0.1, 0.15) is 5.75 Å². The Bertz CT molecular complexity index is 467. The van der Waals surface area contributed by atoms with Crippen molar-refractivity contribution >= 4 is 21.9 Å². The zero-order chi connectivity index (χ0) is 16.2. The minimum absolute atomic E-state index is 0.710. The molecule has 5 nitrogen and oxygen atoms in total. The Kier molecular flexibility index (Phi) is 9.66. The quantitative estimate of drug-likeness (QED) is 0.398. The second kappa shape index (κ2) is 11.3. The lowest BCUT2D eigenvalue weighted by atomic mass is 10.2. The average molecular weight is 372 g/mol. The highest BCUT2D eigenvalue weighted by Crippen LogP contribution is 2.25. The number of guanidine groups is 1. The monoisotopic (exact) mass is 371 g/mol. The van der Waals surface area contributed by atoms with Crippen LogP contribution in [0.3, 0.4) is 0 Å². The molecule has 0 aliphatic heterocycles. The number of aliphatic imine (C=N–C) groups is 1. The first-order chi connectivity index (χ1) is 10.7. The van der Waals surface area contributed by atoms with Crippen LogP contribution < -0.4 is 15.4 Å². The van der Waals surface area contributed by atoms with Gasteiger partial charge in [-0.15, -0.1) is 0 Å². The Balaban J connectivity index is 2.30. The van der Waals surface area contributed by atoms with Gasteiger partial charge in [-0.3, -0.25) is 4.99 Å². The van der Waals surface area contributed by atoms with Crippen LogP contribution in [0, 0.1) is 0 Å². The van der Waals surface area contributed by atoms with Crippen LogP contribution in [0.2, 0.25) is 0 Å². The first-order valence-corrected chi connectivity index (χ1v) is 8.35. The Labute approximate surface area is 141 Å². The Morgan fingerprint density at radius 3 is 2.73 bits per heavy atom. The van der Waals surface area contributed by atoms with Crippen LogP contribution in [-0.2, 0) is 11.3 Å². The Morgan fingerprint density at radius 2 is 2.09 bits per heavy atom. The largest absolute Gasteiger partial charge is 0.496 e. The first kappa shape index (κ1) is 18.8. The number of halogens is 1. The van der Waals surface area contributed by atoms with Gasteiger partial charge in [0.15, 0.2) is 5.96 Å². The van der Waals surface area contributed by atoms with E-state index < -0.39 is 0 Å². The molecule has 0 bridgehead atoms. The highest BCUT2D eigenvalue weighted by atomic mass is 79.9. The summed E-state index contributed by atoms with van der Waals surface area (Å²) in [6.07, 6.45) is 2.12. The number of benzene rings is 1. The van der Waals surface area contributed by atoms with Crippen LogP contribution in [-0.4, -0.2) is 39.9 Å². The van der Waals surface area contributed by atoms with E-state index in [-0.39, 0.29) is 0 Å². The molecule has 0 spiro atoms. The molecule has 0 heterocycles. The van der Waals surface area contributed by atoms with Gasteiger partial charge in [0.25, 0.3) is 0 Å². The van der Waals surface area contributed by atoms with Crippen molar-refractivity contribution in [2.24, 2.45) is 4.99 Å². The van der Waals surface area contributed by atoms with Gasteiger partial charge in [0, 0.05) is 33.4 Å². The second-order valence-corrected chi connectivity index (χ2v) is 5.58. The van der Waals surface area contributed by atoms with Gasteiger partial charge >= 0.3 is 0 Å². The molecule has 1 aromatic carbocycles. The van der Waals surface area contributed by atoms with Crippen LogP contribution in [0.5, 0.6) is 5.75 Å². The summed E-state index contributed by atoms with van der Waals surface area (Å²) in [6, 6.07) is 6.03. The van der Waals surface area contributed by atoms with E-state index >= 15 is 0 Å². The van der Waals surface area contributed by atoms with E-state index in [1.807, 2.05) is 25.1 Å². The van der Waals surface area contributed by atoms with E-state index in [0.717, 1.165) is 54.3 Å². The van der Waals surface area contributed by atoms with Gasteiger partial charge in [-0.1, -0.05) is 6.07 Å². The maximum atomic E-state index is 5.31. The van der Waals surface area contributed by atoms with Crippen molar-refractivity contribution in [3.05, 3.63) is 28.2 Å². The second-order valence-electron chi connectivity index (χ2n) is 4.73. The number of unbranched alkanes of at least 4 members (excludes halogenated alkanes) is 1. The van der Waals surface area contributed by atoms with Gasteiger partial charge in [-0.25, -0.2) is 0 Å². The summed E-state index contributed by atoms with van der Waals surface area (Å²) < 4.78 is 11.5. The van der Waals surface area contributed by atoms with E-state index in [0.29, 0.717) is 6.54 Å². The number of rotatable bonds is 9. The van der Waals surface area contributed by atoms with Crippen LogP contribution in [0.1, 0.15) is 25.3 Å². The lowest BCUT2D eigenvalue weighted by Crippen LogP contribution is -2.37. The summed E-state index contributed by atoms with van der Waals surface area (Å²) >= 11 is 3.49. The zero-order valence-electron chi connectivity index (χ0n) is 13.6. The predicted octanol–water partition coefficient (Wildman–Crippen LogP) is 2.94. The van der Waals surface area contributed by atoms with E-state index in [1.165, 1.54) is 0 Å². The number of nitrogens with zero attached hydrogens (tertiary/aromatic N) is 1. The molecule has 0 saturated heterocycles. The highest BCUT2D eigenvalue weighted by Gasteiger charge is 2.02. The first-order valence-electron chi connectivity index (χ1n) is 7.56. The van der Waals surface area contributed by atoms with Gasteiger partial charge in [0.2, 0.25) is 0 Å². The molecule has 0 aliphatic carbocycles. The topological polar surface area (TPSA) is 54.9 Å². The number of ether oxygens (including phenoxy) is 2. The maximum Gasteiger partial charge on any atom is 0.191 e. The SMILES string of the molecule is CCOCCCCNC(=NC)NCc1ccc(OC)c(Br)c1. The van der Waals surface area contributed by atoms with Crippen molar-refractivity contribution in [2.75, 3.05) is 33.9 Å². The fraction of sp³-hybridized carbons (Fsp3) is 0.562. The normalized spacial score (nSPS) is 11.4.